The van der Waals surface area contributed by atoms with Crippen molar-refractivity contribution in [3.63, 3.8) is 0 Å². The summed E-state index contributed by atoms with van der Waals surface area (Å²) < 4.78 is 5.58. The van der Waals surface area contributed by atoms with E-state index < -0.39 is 5.60 Å². The number of aromatic nitrogens is 2. The van der Waals surface area contributed by atoms with Crippen LogP contribution in [0, 0.1) is 6.92 Å². The van der Waals surface area contributed by atoms with Crippen LogP contribution in [-0.4, -0.2) is 59.1 Å². The fourth-order valence-electron chi connectivity index (χ4n) is 2.02. The van der Waals surface area contributed by atoms with Gasteiger partial charge in [-0.15, -0.1) is 0 Å². The summed E-state index contributed by atoms with van der Waals surface area (Å²) in [7, 11) is 2.05. The quantitative estimate of drug-likeness (QED) is 0.818. The minimum atomic E-state index is -0.825. The lowest BCUT2D eigenvalue weighted by molar-refractivity contribution is -0.00151. The van der Waals surface area contributed by atoms with Crippen LogP contribution in [0.25, 0.3) is 0 Å². The van der Waals surface area contributed by atoms with Gasteiger partial charge in [0.05, 0.1) is 0 Å². The number of carbonyl (C=O) groups is 1. The maximum absolute atomic E-state index is 12.2. The van der Waals surface area contributed by atoms with E-state index in [9.17, 15) is 4.79 Å². The molecule has 2 rings (SSSR count). The molecule has 1 aliphatic heterocycles. The Morgan fingerprint density at radius 2 is 1.75 bits per heavy atom. The molecule has 6 nitrogen and oxygen atoms in total. The lowest BCUT2D eigenvalue weighted by atomic mass is 10.1. The fraction of sp³-hybridized carbons (Fsp3) is 0.643. The first-order valence-corrected chi connectivity index (χ1v) is 6.84. The summed E-state index contributed by atoms with van der Waals surface area (Å²) >= 11 is 0. The molecule has 110 valence electrons. The number of rotatable bonds is 2. The Morgan fingerprint density at radius 3 is 2.30 bits per heavy atom. The Bertz CT molecular complexity index is 465. The zero-order chi connectivity index (χ0) is 14.8. The molecule has 1 aliphatic rings. The highest BCUT2D eigenvalue weighted by atomic mass is 16.6. The Hall–Kier alpha value is -1.69. The summed E-state index contributed by atoms with van der Waals surface area (Å²) in [6.45, 7) is 8.68. The van der Waals surface area contributed by atoms with Gasteiger partial charge in [-0.05, 0) is 33.4 Å². The molecule has 0 unspecified atom stereocenters. The fourth-order valence-corrected chi connectivity index (χ4v) is 2.02. The van der Waals surface area contributed by atoms with Crippen molar-refractivity contribution in [1.29, 1.82) is 0 Å². The molecule has 0 radical (unpaired) electrons. The predicted molar refractivity (Wildman–Crippen MR) is 75.3 cm³/mol. The van der Waals surface area contributed by atoms with E-state index in [1.165, 1.54) is 0 Å². The largest absolute Gasteiger partial charge is 0.435 e. The molecule has 0 aliphatic carbocycles. The van der Waals surface area contributed by atoms with E-state index in [1.807, 2.05) is 27.8 Å². The van der Waals surface area contributed by atoms with Gasteiger partial charge >= 0.3 is 6.09 Å². The van der Waals surface area contributed by atoms with E-state index >= 15 is 0 Å². The molecule has 20 heavy (non-hydrogen) atoms. The molecule has 0 bridgehead atoms. The number of carbonyl (C=O) groups excluding carboxylic acids is 1. The summed E-state index contributed by atoms with van der Waals surface area (Å²) in [6.07, 6.45) is 3.16. The minimum absolute atomic E-state index is 0.299. The summed E-state index contributed by atoms with van der Waals surface area (Å²) in [5.41, 5.74) is 0.156. The van der Waals surface area contributed by atoms with Crippen LogP contribution in [0.15, 0.2) is 12.4 Å². The maximum atomic E-state index is 12.2. The first-order valence-electron chi connectivity index (χ1n) is 6.84. The number of ether oxygens (including phenoxy) is 1. The number of likely N-dealkylation sites (N-methyl/N-ethyl adjacent to an activating group) is 1. The van der Waals surface area contributed by atoms with Gasteiger partial charge in [0.15, 0.2) is 11.4 Å². The molecule has 1 aromatic heterocycles. The van der Waals surface area contributed by atoms with Crippen LogP contribution in [-0.2, 0) is 10.3 Å². The summed E-state index contributed by atoms with van der Waals surface area (Å²) in [6, 6.07) is 0. The second-order valence-corrected chi connectivity index (χ2v) is 5.75. The molecule has 1 aromatic rings. The molecule has 6 heteroatoms. The summed E-state index contributed by atoms with van der Waals surface area (Å²) in [5.74, 6) is 0.519. The first kappa shape index (κ1) is 14.7. The lowest BCUT2D eigenvalue weighted by Crippen LogP contribution is -2.48. The lowest BCUT2D eigenvalue weighted by Gasteiger charge is -2.34. The van der Waals surface area contributed by atoms with Gasteiger partial charge in [0.1, 0.15) is 0 Å². The van der Waals surface area contributed by atoms with Crippen molar-refractivity contribution in [2.24, 2.45) is 0 Å². The number of aryl methyl sites for hydroxylation is 1. The highest BCUT2D eigenvalue weighted by Gasteiger charge is 2.31. The van der Waals surface area contributed by atoms with Crippen molar-refractivity contribution in [1.82, 2.24) is 19.8 Å². The first-order chi connectivity index (χ1) is 9.38. The van der Waals surface area contributed by atoms with Crippen LogP contribution >= 0.6 is 0 Å². The van der Waals surface area contributed by atoms with E-state index in [1.54, 1.807) is 17.3 Å². The Labute approximate surface area is 119 Å². The van der Waals surface area contributed by atoms with Gasteiger partial charge < -0.3 is 14.5 Å². The minimum Gasteiger partial charge on any atom is -0.435 e. The van der Waals surface area contributed by atoms with E-state index in [0.717, 1.165) is 18.7 Å². The number of hydrogen-bond donors (Lipinski definition) is 0. The standard InChI is InChI=1S/C14H22N4O2/c1-11-9-15-12(16-10-11)14(2,3)20-13(19)18-7-5-17(4)6-8-18/h9-10H,5-8H2,1-4H3. The highest BCUT2D eigenvalue weighted by Crippen LogP contribution is 2.22. The Kier molecular flexibility index (Phi) is 4.23. The number of hydrogen-bond acceptors (Lipinski definition) is 5. The van der Waals surface area contributed by atoms with Crippen LogP contribution < -0.4 is 0 Å². The third-order valence-corrected chi connectivity index (χ3v) is 3.42. The molecular formula is C14H22N4O2. The average Bonchev–Trinajstić information content (AvgIpc) is 2.39. The Morgan fingerprint density at radius 1 is 1.20 bits per heavy atom. The second kappa shape index (κ2) is 5.75. The van der Waals surface area contributed by atoms with Crippen LogP contribution in [0.2, 0.25) is 0 Å². The van der Waals surface area contributed by atoms with E-state index in [4.69, 9.17) is 4.74 Å². The highest BCUT2D eigenvalue weighted by molar-refractivity contribution is 5.68. The van der Waals surface area contributed by atoms with Crippen molar-refractivity contribution in [3.8, 4) is 0 Å². The molecule has 2 heterocycles. The third kappa shape index (κ3) is 3.45. The van der Waals surface area contributed by atoms with E-state index in [0.29, 0.717) is 18.9 Å². The summed E-state index contributed by atoms with van der Waals surface area (Å²) in [4.78, 5) is 24.6. The van der Waals surface area contributed by atoms with Crippen LogP contribution in [0.5, 0.6) is 0 Å². The topological polar surface area (TPSA) is 58.6 Å². The SMILES string of the molecule is Cc1cnc(C(C)(C)OC(=O)N2CCN(C)CC2)nc1. The average molecular weight is 278 g/mol. The second-order valence-electron chi connectivity index (χ2n) is 5.75. The van der Waals surface area contributed by atoms with Gasteiger partial charge in [0.2, 0.25) is 0 Å². The molecule has 1 amide bonds. The molecule has 0 saturated carbocycles. The normalized spacial score (nSPS) is 17.1. The maximum Gasteiger partial charge on any atom is 0.410 e. The zero-order valence-corrected chi connectivity index (χ0v) is 12.6. The molecular weight excluding hydrogens is 256 g/mol. The monoisotopic (exact) mass is 278 g/mol. The van der Waals surface area contributed by atoms with Crippen molar-refractivity contribution < 1.29 is 9.53 Å². The van der Waals surface area contributed by atoms with Crippen LogP contribution in [0.4, 0.5) is 4.79 Å². The number of nitrogens with zero attached hydrogens (tertiary/aromatic N) is 4. The van der Waals surface area contributed by atoms with Crippen molar-refractivity contribution in [2.45, 2.75) is 26.4 Å². The van der Waals surface area contributed by atoms with E-state index in [2.05, 4.69) is 14.9 Å². The molecule has 0 aromatic carbocycles. The van der Waals surface area contributed by atoms with Crippen molar-refractivity contribution in [2.75, 3.05) is 33.2 Å². The predicted octanol–water partition coefficient (Wildman–Crippen LogP) is 1.40. The van der Waals surface area contributed by atoms with E-state index in [-0.39, 0.29) is 6.09 Å². The third-order valence-electron chi connectivity index (χ3n) is 3.42. The van der Waals surface area contributed by atoms with Gasteiger partial charge in [-0.3, -0.25) is 0 Å². The van der Waals surface area contributed by atoms with Gasteiger partial charge in [-0.25, -0.2) is 14.8 Å². The smallest absolute Gasteiger partial charge is 0.410 e. The number of piperazine rings is 1. The molecule has 1 saturated heterocycles. The van der Waals surface area contributed by atoms with Crippen molar-refractivity contribution >= 4 is 6.09 Å². The summed E-state index contributed by atoms with van der Waals surface area (Å²) in [5, 5.41) is 0. The molecule has 1 fully saturated rings. The van der Waals surface area contributed by atoms with Gasteiger partial charge in [0.25, 0.3) is 0 Å². The van der Waals surface area contributed by atoms with Gasteiger partial charge in [-0.2, -0.15) is 0 Å². The van der Waals surface area contributed by atoms with Gasteiger partial charge in [0, 0.05) is 38.6 Å². The molecule has 0 atom stereocenters. The molecule has 0 N–H and O–H groups in total. The van der Waals surface area contributed by atoms with Gasteiger partial charge in [-0.1, -0.05) is 0 Å². The Balaban J connectivity index is 2.00. The van der Waals surface area contributed by atoms with Crippen molar-refractivity contribution in [3.05, 3.63) is 23.8 Å². The zero-order valence-electron chi connectivity index (χ0n) is 12.6. The molecule has 0 spiro atoms. The number of amides is 1. The van der Waals surface area contributed by atoms with Crippen LogP contribution in [0.3, 0.4) is 0 Å². The van der Waals surface area contributed by atoms with Crippen LogP contribution in [0.1, 0.15) is 25.2 Å².